The highest BCUT2D eigenvalue weighted by molar-refractivity contribution is 7.99. The van der Waals surface area contributed by atoms with Crippen molar-refractivity contribution in [1.82, 2.24) is 20.1 Å². The molecule has 3 aromatic rings. The molecule has 0 saturated heterocycles. The van der Waals surface area contributed by atoms with Crippen LogP contribution in [-0.2, 0) is 4.79 Å². The van der Waals surface area contributed by atoms with Crippen molar-refractivity contribution >= 4 is 40.9 Å². The molecule has 0 bridgehead atoms. The topological polar surface area (TPSA) is 88.9 Å². The zero-order chi connectivity index (χ0) is 19.2. The van der Waals surface area contributed by atoms with Crippen LogP contribution < -0.4 is 10.6 Å². The number of halogens is 1. The fourth-order valence-corrected chi connectivity index (χ4v) is 3.28. The number of benzene rings is 2. The third-order valence-electron chi connectivity index (χ3n) is 3.61. The molecule has 2 amide bonds. The Morgan fingerprint density at radius 1 is 1.19 bits per heavy atom. The third kappa shape index (κ3) is 4.66. The summed E-state index contributed by atoms with van der Waals surface area (Å²) in [6.45, 7) is 0. The van der Waals surface area contributed by atoms with Crippen LogP contribution in [0.3, 0.4) is 0 Å². The summed E-state index contributed by atoms with van der Waals surface area (Å²) in [5, 5.41) is 14.4. The van der Waals surface area contributed by atoms with Gasteiger partial charge in [0.15, 0.2) is 5.16 Å². The summed E-state index contributed by atoms with van der Waals surface area (Å²) in [5.74, 6) is -0.405. The number of anilines is 1. The molecule has 27 heavy (non-hydrogen) atoms. The number of nitrogens with one attached hydrogen (secondary N) is 2. The van der Waals surface area contributed by atoms with Crippen molar-refractivity contribution in [3.63, 3.8) is 0 Å². The van der Waals surface area contributed by atoms with Gasteiger partial charge < -0.3 is 10.6 Å². The number of para-hydroxylation sites is 1. The second-order valence-electron chi connectivity index (χ2n) is 5.42. The Kier molecular flexibility index (Phi) is 6.10. The predicted octanol–water partition coefficient (Wildman–Crippen LogP) is 3.01. The lowest BCUT2D eigenvalue weighted by Crippen LogP contribution is -2.22. The molecule has 9 heteroatoms. The third-order valence-corrected chi connectivity index (χ3v) is 4.79. The van der Waals surface area contributed by atoms with E-state index in [0.29, 0.717) is 21.4 Å². The van der Waals surface area contributed by atoms with Gasteiger partial charge in [-0.05, 0) is 30.3 Å². The summed E-state index contributed by atoms with van der Waals surface area (Å²) < 4.78 is 1.75. The Morgan fingerprint density at radius 3 is 2.78 bits per heavy atom. The number of carbonyl (C=O) groups is 2. The molecule has 2 N–H and O–H groups in total. The van der Waals surface area contributed by atoms with Crippen LogP contribution in [0.4, 0.5) is 5.69 Å². The minimum Gasteiger partial charge on any atom is -0.355 e. The first kappa shape index (κ1) is 18.9. The summed E-state index contributed by atoms with van der Waals surface area (Å²) >= 11 is 7.26. The lowest BCUT2D eigenvalue weighted by molar-refractivity contribution is -0.113. The molecule has 2 aromatic carbocycles. The molecule has 0 aliphatic carbocycles. The van der Waals surface area contributed by atoms with Gasteiger partial charge in [0, 0.05) is 12.1 Å². The second-order valence-corrected chi connectivity index (χ2v) is 6.80. The van der Waals surface area contributed by atoms with Gasteiger partial charge in [-0.1, -0.05) is 41.6 Å². The van der Waals surface area contributed by atoms with Crippen LogP contribution in [0.1, 0.15) is 10.4 Å². The second kappa shape index (κ2) is 8.70. The highest BCUT2D eigenvalue weighted by atomic mass is 35.5. The van der Waals surface area contributed by atoms with Gasteiger partial charge in [-0.25, -0.2) is 0 Å². The normalized spacial score (nSPS) is 10.4. The first-order valence-electron chi connectivity index (χ1n) is 7.98. The zero-order valence-electron chi connectivity index (χ0n) is 14.3. The van der Waals surface area contributed by atoms with Gasteiger partial charge in [0.05, 0.1) is 22.7 Å². The van der Waals surface area contributed by atoms with Gasteiger partial charge >= 0.3 is 0 Å². The van der Waals surface area contributed by atoms with Crippen molar-refractivity contribution in [2.75, 3.05) is 18.1 Å². The molecule has 0 spiro atoms. The monoisotopic (exact) mass is 401 g/mol. The zero-order valence-corrected chi connectivity index (χ0v) is 15.9. The molecule has 0 aliphatic heterocycles. The molecule has 1 heterocycles. The van der Waals surface area contributed by atoms with Gasteiger partial charge in [-0.15, -0.1) is 10.2 Å². The smallest absolute Gasteiger partial charge is 0.253 e. The Balaban J connectivity index is 1.68. The van der Waals surface area contributed by atoms with Gasteiger partial charge in [0.25, 0.3) is 5.91 Å². The summed E-state index contributed by atoms with van der Waals surface area (Å²) in [5.41, 5.74) is 1.67. The molecule has 0 aliphatic rings. The first-order valence-corrected chi connectivity index (χ1v) is 9.34. The number of nitrogens with zero attached hydrogens (tertiary/aromatic N) is 3. The summed E-state index contributed by atoms with van der Waals surface area (Å²) in [6.07, 6.45) is 1.56. The van der Waals surface area contributed by atoms with E-state index in [-0.39, 0.29) is 17.6 Å². The van der Waals surface area contributed by atoms with Crippen molar-refractivity contribution in [2.24, 2.45) is 0 Å². The van der Waals surface area contributed by atoms with E-state index in [1.807, 2.05) is 12.1 Å². The highest BCUT2D eigenvalue weighted by Crippen LogP contribution is 2.22. The predicted molar refractivity (Wildman–Crippen MR) is 106 cm³/mol. The minimum atomic E-state index is -0.265. The first-order chi connectivity index (χ1) is 13.1. The Morgan fingerprint density at radius 2 is 2.00 bits per heavy atom. The van der Waals surface area contributed by atoms with Crippen LogP contribution in [0, 0.1) is 0 Å². The van der Waals surface area contributed by atoms with E-state index < -0.39 is 0 Å². The number of rotatable bonds is 6. The minimum absolute atomic E-state index is 0.112. The maximum absolute atomic E-state index is 12.3. The van der Waals surface area contributed by atoms with Gasteiger partial charge in [0.1, 0.15) is 6.33 Å². The number of hydrogen-bond donors (Lipinski definition) is 2. The maximum Gasteiger partial charge on any atom is 0.253 e. The number of carbonyl (C=O) groups excluding carboxylic acids is 2. The van der Waals surface area contributed by atoms with E-state index in [0.717, 1.165) is 5.69 Å². The van der Waals surface area contributed by atoms with Crippen LogP contribution in [0.15, 0.2) is 60.0 Å². The van der Waals surface area contributed by atoms with E-state index in [2.05, 4.69) is 20.8 Å². The molecule has 0 fully saturated rings. The molecule has 1 aromatic heterocycles. The Labute approximate surface area is 165 Å². The number of thioether (sulfide) groups is 1. The summed E-state index contributed by atoms with van der Waals surface area (Å²) in [7, 11) is 1.54. The molecular formula is C18H16ClN5O2S. The van der Waals surface area contributed by atoms with Crippen molar-refractivity contribution in [1.29, 1.82) is 0 Å². The molecule has 0 unspecified atom stereocenters. The van der Waals surface area contributed by atoms with Crippen molar-refractivity contribution in [2.45, 2.75) is 5.16 Å². The molecule has 0 radical (unpaired) electrons. The van der Waals surface area contributed by atoms with Gasteiger partial charge in [0.2, 0.25) is 5.91 Å². The maximum atomic E-state index is 12.3. The van der Waals surface area contributed by atoms with Crippen LogP contribution in [0.25, 0.3) is 5.69 Å². The number of amides is 2. The highest BCUT2D eigenvalue weighted by Gasteiger charge is 2.14. The molecule has 3 rings (SSSR count). The van der Waals surface area contributed by atoms with Crippen molar-refractivity contribution in [3.05, 3.63) is 65.4 Å². The van der Waals surface area contributed by atoms with Gasteiger partial charge in [-0.2, -0.15) is 0 Å². The standard InChI is InChI=1S/C18H16ClN5O2S/c1-20-17(26)14-7-2-3-8-15(14)22-16(25)10-27-18-23-21-11-24(18)13-6-4-5-12(19)9-13/h2-9,11H,10H2,1H3,(H,20,26)(H,22,25). The van der Waals surface area contributed by atoms with Crippen LogP contribution in [0.5, 0.6) is 0 Å². The lowest BCUT2D eigenvalue weighted by Gasteiger charge is -2.10. The van der Waals surface area contributed by atoms with E-state index in [1.54, 1.807) is 54.3 Å². The molecule has 7 nitrogen and oxygen atoms in total. The largest absolute Gasteiger partial charge is 0.355 e. The molecular weight excluding hydrogens is 386 g/mol. The summed E-state index contributed by atoms with van der Waals surface area (Å²) in [4.78, 5) is 24.2. The fourth-order valence-electron chi connectivity index (χ4n) is 2.37. The molecule has 0 atom stereocenters. The number of hydrogen-bond acceptors (Lipinski definition) is 5. The van der Waals surface area contributed by atoms with E-state index in [9.17, 15) is 9.59 Å². The van der Waals surface area contributed by atoms with Crippen molar-refractivity contribution < 1.29 is 9.59 Å². The van der Waals surface area contributed by atoms with Crippen LogP contribution in [0.2, 0.25) is 5.02 Å². The average Bonchev–Trinajstić information content (AvgIpc) is 3.15. The SMILES string of the molecule is CNC(=O)c1ccccc1NC(=O)CSc1nncn1-c1cccc(Cl)c1. The average molecular weight is 402 g/mol. The molecule has 0 saturated carbocycles. The quantitative estimate of drug-likeness (QED) is 0.620. The number of aromatic nitrogens is 3. The molecule has 138 valence electrons. The summed E-state index contributed by atoms with van der Waals surface area (Å²) in [6, 6.07) is 14.1. The van der Waals surface area contributed by atoms with Crippen molar-refractivity contribution in [3.8, 4) is 5.69 Å². The lowest BCUT2D eigenvalue weighted by atomic mass is 10.1. The Hall–Kier alpha value is -2.84. The van der Waals surface area contributed by atoms with Crippen LogP contribution >= 0.6 is 23.4 Å². The van der Waals surface area contributed by atoms with E-state index >= 15 is 0 Å². The van der Waals surface area contributed by atoms with Gasteiger partial charge in [-0.3, -0.25) is 14.2 Å². The van der Waals surface area contributed by atoms with E-state index in [1.165, 1.54) is 11.8 Å². The fraction of sp³-hybridized carbons (Fsp3) is 0.111. The van der Waals surface area contributed by atoms with E-state index in [4.69, 9.17) is 11.6 Å². The Bertz CT molecular complexity index is 976. The van der Waals surface area contributed by atoms with Crippen LogP contribution in [-0.4, -0.2) is 39.4 Å².